The maximum atomic E-state index is 4.93. The first-order chi connectivity index (χ1) is 16.7. The molecule has 0 aliphatic heterocycles. The molecule has 0 fully saturated rings. The number of hydrogen-bond acceptors (Lipinski definition) is 3. The van der Waals surface area contributed by atoms with Crippen LogP contribution in [0.15, 0.2) is 128 Å². The van der Waals surface area contributed by atoms with E-state index < -0.39 is 0 Å². The number of anilines is 6. The zero-order valence-electron chi connectivity index (χ0n) is 19.5. The van der Waals surface area contributed by atoms with Crippen molar-refractivity contribution in [1.82, 2.24) is 4.98 Å². The fourth-order valence-corrected chi connectivity index (χ4v) is 4.05. The Hall–Kier alpha value is -4.37. The number of rotatable bonds is 6. The molecular formula is C31H27N3. The molecule has 5 rings (SSSR count). The van der Waals surface area contributed by atoms with Crippen molar-refractivity contribution in [3.8, 4) is 0 Å². The number of aromatic nitrogens is 1. The zero-order valence-corrected chi connectivity index (χ0v) is 19.5. The predicted molar refractivity (Wildman–Crippen MR) is 143 cm³/mol. The summed E-state index contributed by atoms with van der Waals surface area (Å²) in [6, 6.07) is 42.1. The van der Waals surface area contributed by atoms with Crippen LogP contribution in [0.1, 0.15) is 11.1 Å². The molecular weight excluding hydrogens is 414 g/mol. The van der Waals surface area contributed by atoms with Crippen LogP contribution in [-0.2, 0) is 0 Å². The number of nitrogens with zero attached hydrogens (tertiary/aromatic N) is 3. The summed E-state index contributed by atoms with van der Waals surface area (Å²) in [7, 11) is 0. The Morgan fingerprint density at radius 1 is 0.412 bits per heavy atom. The van der Waals surface area contributed by atoms with Crippen LogP contribution in [0.5, 0.6) is 0 Å². The third kappa shape index (κ3) is 4.55. The van der Waals surface area contributed by atoms with Gasteiger partial charge in [0.15, 0.2) is 0 Å². The predicted octanol–water partition coefficient (Wildman–Crippen LogP) is 8.64. The lowest BCUT2D eigenvalue weighted by molar-refractivity contribution is 1.16. The molecule has 5 aromatic rings. The van der Waals surface area contributed by atoms with E-state index in [1.807, 2.05) is 18.3 Å². The summed E-state index contributed by atoms with van der Waals surface area (Å²) in [6.45, 7) is 4.21. The maximum absolute atomic E-state index is 4.93. The number of pyridine rings is 1. The van der Waals surface area contributed by atoms with E-state index in [1.165, 1.54) is 11.1 Å². The number of hydrogen-bond donors (Lipinski definition) is 0. The fourth-order valence-electron chi connectivity index (χ4n) is 4.05. The van der Waals surface area contributed by atoms with Crippen molar-refractivity contribution in [2.75, 3.05) is 9.80 Å². The first-order valence-corrected chi connectivity index (χ1v) is 11.5. The normalized spacial score (nSPS) is 10.6. The van der Waals surface area contributed by atoms with Crippen LogP contribution in [0.4, 0.5) is 34.3 Å². The molecule has 4 aromatic carbocycles. The van der Waals surface area contributed by atoms with Crippen molar-refractivity contribution in [3.63, 3.8) is 0 Å². The minimum absolute atomic E-state index is 0.871. The standard InChI is InChI=1S/C31H27N3/c1-24-13-17-28(18-14-24)33(26-9-5-3-6-10-26)30-21-22-31(32-23-30)34(27-11-7-4-8-12-27)29-19-15-25(2)16-20-29/h3-23H,1-2H3. The monoisotopic (exact) mass is 441 g/mol. The molecule has 0 aliphatic carbocycles. The number of aryl methyl sites for hydroxylation is 2. The Labute approximate surface area is 201 Å². The van der Waals surface area contributed by atoms with Gasteiger partial charge in [-0.15, -0.1) is 0 Å². The van der Waals surface area contributed by atoms with Crippen LogP contribution in [0.3, 0.4) is 0 Å². The van der Waals surface area contributed by atoms with Gasteiger partial charge in [0.1, 0.15) is 5.82 Å². The highest BCUT2D eigenvalue weighted by molar-refractivity contribution is 5.79. The molecule has 0 aliphatic rings. The summed E-state index contributed by atoms with van der Waals surface area (Å²) < 4.78 is 0. The highest BCUT2D eigenvalue weighted by Gasteiger charge is 2.16. The molecule has 0 saturated carbocycles. The van der Waals surface area contributed by atoms with Gasteiger partial charge in [-0.2, -0.15) is 0 Å². The molecule has 0 unspecified atom stereocenters. The fraction of sp³-hybridized carbons (Fsp3) is 0.0645. The van der Waals surface area contributed by atoms with E-state index in [9.17, 15) is 0 Å². The molecule has 0 amide bonds. The summed E-state index contributed by atoms with van der Waals surface area (Å²) in [5, 5.41) is 0. The minimum atomic E-state index is 0.871. The molecule has 0 saturated heterocycles. The topological polar surface area (TPSA) is 19.4 Å². The van der Waals surface area contributed by atoms with Gasteiger partial charge in [0, 0.05) is 22.7 Å². The SMILES string of the molecule is Cc1ccc(N(c2ccccc2)c2ccc(N(c3ccccc3)c3ccc(C)cc3)nc2)cc1. The molecule has 0 bridgehead atoms. The van der Waals surface area contributed by atoms with Crippen LogP contribution >= 0.6 is 0 Å². The van der Waals surface area contributed by atoms with E-state index >= 15 is 0 Å². The summed E-state index contributed by atoms with van der Waals surface area (Å²) in [6.07, 6.45) is 1.95. The van der Waals surface area contributed by atoms with Gasteiger partial charge in [0.2, 0.25) is 0 Å². The highest BCUT2D eigenvalue weighted by atomic mass is 15.2. The second-order valence-corrected chi connectivity index (χ2v) is 8.39. The molecule has 1 heterocycles. The van der Waals surface area contributed by atoms with Crippen molar-refractivity contribution in [2.24, 2.45) is 0 Å². The third-order valence-corrected chi connectivity index (χ3v) is 5.83. The van der Waals surface area contributed by atoms with E-state index in [0.717, 1.165) is 34.3 Å². The van der Waals surface area contributed by atoms with Crippen LogP contribution in [-0.4, -0.2) is 4.98 Å². The Morgan fingerprint density at radius 2 is 0.824 bits per heavy atom. The zero-order chi connectivity index (χ0) is 23.3. The van der Waals surface area contributed by atoms with Crippen LogP contribution < -0.4 is 9.80 Å². The highest BCUT2D eigenvalue weighted by Crippen LogP contribution is 2.37. The molecule has 0 spiro atoms. The maximum Gasteiger partial charge on any atom is 0.137 e. The van der Waals surface area contributed by atoms with E-state index in [2.05, 4.69) is 133 Å². The molecule has 34 heavy (non-hydrogen) atoms. The van der Waals surface area contributed by atoms with Gasteiger partial charge in [-0.1, -0.05) is 71.8 Å². The lowest BCUT2D eigenvalue weighted by atomic mass is 10.1. The second-order valence-electron chi connectivity index (χ2n) is 8.39. The quantitative estimate of drug-likeness (QED) is 0.263. The van der Waals surface area contributed by atoms with E-state index in [4.69, 9.17) is 4.98 Å². The summed E-state index contributed by atoms with van der Waals surface area (Å²) in [5.41, 5.74) is 7.83. The Balaban J connectivity index is 1.57. The summed E-state index contributed by atoms with van der Waals surface area (Å²) >= 11 is 0. The Bertz CT molecular complexity index is 1220. The Morgan fingerprint density at radius 3 is 1.29 bits per heavy atom. The van der Waals surface area contributed by atoms with Crippen LogP contribution in [0, 0.1) is 13.8 Å². The number of benzene rings is 4. The molecule has 0 atom stereocenters. The molecule has 3 nitrogen and oxygen atoms in total. The van der Waals surface area contributed by atoms with Crippen molar-refractivity contribution in [3.05, 3.63) is 139 Å². The van der Waals surface area contributed by atoms with E-state index in [-0.39, 0.29) is 0 Å². The van der Waals surface area contributed by atoms with Crippen LogP contribution in [0.2, 0.25) is 0 Å². The van der Waals surface area contributed by atoms with Gasteiger partial charge >= 0.3 is 0 Å². The molecule has 1 aromatic heterocycles. The van der Waals surface area contributed by atoms with E-state index in [0.29, 0.717) is 0 Å². The van der Waals surface area contributed by atoms with Gasteiger partial charge in [-0.25, -0.2) is 4.98 Å². The van der Waals surface area contributed by atoms with Gasteiger partial charge in [-0.3, -0.25) is 4.90 Å². The second kappa shape index (κ2) is 9.63. The van der Waals surface area contributed by atoms with Gasteiger partial charge < -0.3 is 4.90 Å². The molecule has 166 valence electrons. The average molecular weight is 442 g/mol. The third-order valence-electron chi connectivity index (χ3n) is 5.83. The lowest BCUT2D eigenvalue weighted by Crippen LogP contribution is -2.13. The van der Waals surface area contributed by atoms with Gasteiger partial charge in [-0.05, 0) is 74.5 Å². The van der Waals surface area contributed by atoms with Crippen LogP contribution in [0.25, 0.3) is 0 Å². The van der Waals surface area contributed by atoms with Crippen molar-refractivity contribution in [1.29, 1.82) is 0 Å². The summed E-state index contributed by atoms with van der Waals surface area (Å²) in [4.78, 5) is 9.34. The minimum Gasteiger partial charge on any atom is -0.309 e. The summed E-state index contributed by atoms with van der Waals surface area (Å²) in [5.74, 6) is 0.871. The molecule has 0 N–H and O–H groups in total. The largest absolute Gasteiger partial charge is 0.309 e. The molecule has 0 radical (unpaired) electrons. The number of para-hydroxylation sites is 2. The smallest absolute Gasteiger partial charge is 0.137 e. The van der Waals surface area contributed by atoms with Crippen molar-refractivity contribution >= 4 is 34.3 Å². The van der Waals surface area contributed by atoms with Gasteiger partial charge in [0.25, 0.3) is 0 Å². The lowest BCUT2D eigenvalue weighted by Gasteiger charge is -2.27. The van der Waals surface area contributed by atoms with Crippen molar-refractivity contribution < 1.29 is 0 Å². The van der Waals surface area contributed by atoms with E-state index in [1.54, 1.807) is 0 Å². The van der Waals surface area contributed by atoms with Crippen molar-refractivity contribution in [2.45, 2.75) is 13.8 Å². The first-order valence-electron chi connectivity index (χ1n) is 11.5. The van der Waals surface area contributed by atoms with Gasteiger partial charge in [0.05, 0.1) is 11.9 Å². The Kier molecular flexibility index (Phi) is 6.09. The molecule has 3 heteroatoms. The first kappa shape index (κ1) is 21.5. The average Bonchev–Trinajstić information content (AvgIpc) is 2.89.